The Morgan fingerprint density at radius 1 is 1.16 bits per heavy atom. The molecule has 3 aliphatic heterocycles. The number of rotatable bonds is 4. The highest BCUT2D eigenvalue weighted by atomic mass is 35.5. The number of amides is 1. The number of fused-ring (bicyclic) bond motifs is 2. The van der Waals surface area contributed by atoms with Crippen LogP contribution < -0.4 is 0 Å². The van der Waals surface area contributed by atoms with E-state index in [1.54, 1.807) is 18.2 Å². The summed E-state index contributed by atoms with van der Waals surface area (Å²) in [4.78, 5) is 13.6. The third-order valence-electron chi connectivity index (χ3n) is 6.93. The number of likely N-dealkylation sites (tertiary alicyclic amines) is 1. The van der Waals surface area contributed by atoms with Crippen LogP contribution in [0.4, 0.5) is 13.2 Å². The van der Waals surface area contributed by atoms with E-state index in [1.165, 1.54) is 4.90 Å². The van der Waals surface area contributed by atoms with Crippen LogP contribution in [0.25, 0.3) is 0 Å². The van der Waals surface area contributed by atoms with E-state index in [1.807, 2.05) is 0 Å². The maximum atomic E-state index is 14.4. The fourth-order valence-corrected chi connectivity index (χ4v) is 6.25. The zero-order chi connectivity index (χ0) is 27.0. The van der Waals surface area contributed by atoms with E-state index >= 15 is 0 Å². The number of azo groups is 1. The van der Waals surface area contributed by atoms with Crippen molar-refractivity contribution in [1.82, 2.24) is 4.90 Å². The molecule has 3 heterocycles. The molecular weight excluding hydrogens is 578 g/mol. The largest absolute Gasteiger partial charge is 0.419 e. The Balaban J connectivity index is 1.38. The molecule has 2 aromatic rings. The van der Waals surface area contributed by atoms with Gasteiger partial charge in [0.15, 0.2) is 9.84 Å². The number of nitrogens with zero attached hydrogens (tertiary/aromatic N) is 3. The number of carbonyl (C=O) groups is 1. The van der Waals surface area contributed by atoms with Crippen LogP contribution in [-0.4, -0.2) is 50.5 Å². The van der Waals surface area contributed by atoms with Crippen molar-refractivity contribution in [3.05, 3.63) is 67.7 Å². The van der Waals surface area contributed by atoms with E-state index in [2.05, 4.69) is 10.2 Å². The summed E-state index contributed by atoms with van der Waals surface area (Å²) in [6, 6.07) is 6.51. The van der Waals surface area contributed by atoms with E-state index in [0.29, 0.717) is 5.56 Å². The van der Waals surface area contributed by atoms with Crippen molar-refractivity contribution < 1.29 is 31.1 Å². The number of ether oxygens (including phenoxy) is 1. The van der Waals surface area contributed by atoms with Gasteiger partial charge in [-0.15, -0.1) is 0 Å². The molecular formula is C23H19Cl3F3N3O4S. The summed E-state index contributed by atoms with van der Waals surface area (Å²) in [6.07, 6.45) is -4.26. The van der Waals surface area contributed by atoms with Gasteiger partial charge in [0.05, 0.1) is 40.8 Å². The summed E-state index contributed by atoms with van der Waals surface area (Å²) in [6.45, 7) is 0.603. The van der Waals surface area contributed by atoms with Crippen molar-refractivity contribution in [2.75, 3.05) is 25.1 Å². The smallest absolute Gasteiger partial charge is 0.362 e. The van der Waals surface area contributed by atoms with E-state index in [-0.39, 0.29) is 40.3 Å². The van der Waals surface area contributed by atoms with Gasteiger partial charge in [0.25, 0.3) is 0 Å². The van der Waals surface area contributed by atoms with Gasteiger partial charge in [0, 0.05) is 12.7 Å². The average Bonchev–Trinajstić information content (AvgIpc) is 3.37. The molecule has 5 rings (SSSR count). The molecule has 0 N–H and O–H groups in total. The number of benzene rings is 2. The zero-order valence-corrected chi connectivity index (χ0v) is 22.2. The van der Waals surface area contributed by atoms with Crippen LogP contribution in [0.1, 0.15) is 34.7 Å². The predicted octanol–water partition coefficient (Wildman–Crippen LogP) is 5.61. The first kappa shape index (κ1) is 26.7. The molecule has 198 valence electrons. The number of alkyl halides is 3. The third-order valence-corrected chi connectivity index (χ3v) is 8.89. The summed E-state index contributed by atoms with van der Waals surface area (Å²) in [5.41, 5.74) is -1.53. The molecule has 1 fully saturated rings. The first-order valence-corrected chi connectivity index (χ1v) is 14.2. The Kier molecular flexibility index (Phi) is 6.35. The molecule has 0 aromatic heterocycles. The summed E-state index contributed by atoms with van der Waals surface area (Å²) in [5, 5.41) is 7.41. The molecule has 0 aliphatic carbocycles. The topological polar surface area (TPSA) is 88.4 Å². The van der Waals surface area contributed by atoms with Crippen LogP contribution >= 0.6 is 34.8 Å². The molecule has 1 spiro atoms. The van der Waals surface area contributed by atoms with Gasteiger partial charge >= 0.3 is 6.18 Å². The lowest BCUT2D eigenvalue weighted by molar-refractivity contribution is -0.188. The molecule has 0 radical (unpaired) electrons. The number of hydrogen-bond donors (Lipinski definition) is 0. The molecule has 1 amide bonds. The third kappa shape index (κ3) is 4.52. The number of sulfone groups is 1. The SMILES string of the molecule is CS(=O)(=O)CC(=O)N1CC2(C1)OCc1cc(C3CC(c4cc(Cl)c(Cl)c(Cl)c4)(C(F)(F)F)N=N3)ccc12. The highest BCUT2D eigenvalue weighted by Crippen LogP contribution is 2.55. The fourth-order valence-electron chi connectivity index (χ4n) is 5.02. The Morgan fingerprint density at radius 3 is 2.41 bits per heavy atom. The van der Waals surface area contributed by atoms with Crippen molar-refractivity contribution in [1.29, 1.82) is 0 Å². The van der Waals surface area contributed by atoms with Gasteiger partial charge in [-0.3, -0.25) is 4.79 Å². The molecule has 3 aliphatic rings. The lowest BCUT2D eigenvalue weighted by atomic mass is 9.81. The first-order valence-electron chi connectivity index (χ1n) is 11.0. The van der Waals surface area contributed by atoms with Gasteiger partial charge in [0.1, 0.15) is 11.4 Å². The lowest BCUT2D eigenvalue weighted by Crippen LogP contribution is -2.62. The standard InChI is InChI=1S/C23H19Cl3F3N3O4S/c1-37(34,35)9-19(33)32-10-21(11-32)15-3-2-12(4-13(15)8-36-21)18-7-22(31-30-18,23(27,28)29)14-5-16(24)20(26)17(25)6-14/h2-6,18H,7-11H2,1H3. The van der Waals surface area contributed by atoms with E-state index in [0.717, 1.165) is 29.5 Å². The molecule has 1 saturated heterocycles. The molecule has 0 saturated carbocycles. The minimum atomic E-state index is -4.77. The molecule has 2 atom stereocenters. The summed E-state index contributed by atoms with van der Waals surface area (Å²) in [7, 11) is -3.46. The van der Waals surface area contributed by atoms with Gasteiger partial charge < -0.3 is 9.64 Å². The second kappa shape index (κ2) is 8.81. The first-order chi connectivity index (χ1) is 17.1. The van der Waals surface area contributed by atoms with Gasteiger partial charge in [0.2, 0.25) is 11.4 Å². The summed E-state index contributed by atoms with van der Waals surface area (Å²) in [5.74, 6) is -1.08. The van der Waals surface area contributed by atoms with Crippen molar-refractivity contribution in [2.24, 2.45) is 10.2 Å². The van der Waals surface area contributed by atoms with Crippen LogP contribution in [0.2, 0.25) is 15.1 Å². The van der Waals surface area contributed by atoms with E-state index in [9.17, 15) is 26.4 Å². The van der Waals surface area contributed by atoms with Gasteiger partial charge in [-0.1, -0.05) is 53.0 Å². The number of halogens is 6. The lowest BCUT2D eigenvalue weighted by Gasteiger charge is -2.47. The average molecular weight is 597 g/mol. The molecule has 37 heavy (non-hydrogen) atoms. The highest BCUT2D eigenvalue weighted by Gasteiger charge is 2.61. The van der Waals surface area contributed by atoms with Crippen LogP contribution in [0.15, 0.2) is 40.6 Å². The van der Waals surface area contributed by atoms with Crippen molar-refractivity contribution in [3.63, 3.8) is 0 Å². The predicted molar refractivity (Wildman–Crippen MR) is 131 cm³/mol. The van der Waals surface area contributed by atoms with Crippen molar-refractivity contribution in [3.8, 4) is 0 Å². The van der Waals surface area contributed by atoms with Gasteiger partial charge in [-0.25, -0.2) is 8.42 Å². The van der Waals surface area contributed by atoms with Gasteiger partial charge in [-0.2, -0.15) is 23.4 Å². The van der Waals surface area contributed by atoms with Crippen LogP contribution in [0, 0.1) is 0 Å². The molecule has 7 nitrogen and oxygen atoms in total. The maximum absolute atomic E-state index is 14.4. The monoisotopic (exact) mass is 595 g/mol. The van der Waals surface area contributed by atoms with Crippen molar-refractivity contribution in [2.45, 2.75) is 36.4 Å². The summed E-state index contributed by atoms with van der Waals surface area (Å²) < 4.78 is 71.9. The zero-order valence-electron chi connectivity index (χ0n) is 19.2. The van der Waals surface area contributed by atoms with Crippen LogP contribution in [0.5, 0.6) is 0 Å². The second-order valence-corrected chi connectivity index (χ2v) is 12.9. The Morgan fingerprint density at radius 2 is 1.81 bits per heavy atom. The minimum absolute atomic E-state index is 0.0453. The molecule has 2 aromatic carbocycles. The molecule has 2 unspecified atom stereocenters. The maximum Gasteiger partial charge on any atom is 0.419 e. The van der Waals surface area contributed by atoms with Gasteiger partial charge in [-0.05, 0) is 34.4 Å². The number of hydrogen-bond acceptors (Lipinski definition) is 6. The fraction of sp³-hybridized carbons (Fsp3) is 0.435. The van der Waals surface area contributed by atoms with E-state index in [4.69, 9.17) is 39.5 Å². The van der Waals surface area contributed by atoms with Crippen molar-refractivity contribution >= 4 is 50.5 Å². The number of carbonyl (C=O) groups excluding carboxylic acids is 1. The highest BCUT2D eigenvalue weighted by molar-refractivity contribution is 7.91. The van der Waals surface area contributed by atoms with E-state index < -0.39 is 51.3 Å². The van der Waals surface area contributed by atoms with Crippen LogP contribution in [-0.2, 0) is 37.1 Å². The summed E-state index contributed by atoms with van der Waals surface area (Å²) >= 11 is 17.9. The molecule has 0 bridgehead atoms. The Bertz CT molecular complexity index is 1420. The Labute approximate surface area is 225 Å². The molecule has 14 heteroatoms. The van der Waals surface area contributed by atoms with Crippen LogP contribution in [0.3, 0.4) is 0 Å². The quantitative estimate of drug-likeness (QED) is 0.429. The normalized spacial score (nSPS) is 24.4. The second-order valence-electron chi connectivity index (χ2n) is 9.57. The minimum Gasteiger partial charge on any atom is -0.362 e. The Hall–Kier alpha value is -1.92.